The Kier molecular flexibility index (Phi) is 5.18. The van der Waals surface area contributed by atoms with Gasteiger partial charge in [-0.3, -0.25) is 14.5 Å². The highest BCUT2D eigenvalue weighted by atomic mass is 32.2. The van der Waals surface area contributed by atoms with Gasteiger partial charge in [-0.15, -0.1) is 0 Å². The van der Waals surface area contributed by atoms with E-state index in [0.717, 1.165) is 6.07 Å². The Morgan fingerprint density at radius 1 is 0.963 bits per heavy atom. The molecule has 0 aliphatic heterocycles. The molecular formula is C19H16FN3O3S. The summed E-state index contributed by atoms with van der Waals surface area (Å²) in [7, 11) is -3.86. The quantitative estimate of drug-likeness (QED) is 0.703. The summed E-state index contributed by atoms with van der Waals surface area (Å²) < 4.78 is 40.6. The molecule has 3 rings (SSSR count). The molecule has 3 aromatic rings. The predicted octanol–water partition coefficient (Wildman–Crippen LogP) is 3.58. The SMILES string of the molecule is Cc1cc(S(=O)(=O)Nc2ccc(C(=O)Nc3ccncc3)cc2)ccc1F. The summed E-state index contributed by atoms with van der Waals surface area (Å²) in [4.78, 5) is 16.0. The third-order valence-corrected chi connectivity index (χ3v) is 5.16. The first-order valence-electron chi connectivity index (χ1n) is 7.95. The number of amides is 1. The van der Waals surface area contributed by atoms with Crippen molar-refractivity contribution in [2.45, 2.75) is 11.8 Å². The molecule has 1 aromatic heterocycles. The van der Waals surface area contributed by atoms with Crippen LogP contribution in [0.15, 0.2) is 71.9 Å². The highest BCUT2D eigenvalue weighted by Crippen LogP contribution is 2.19. The molecule has 0 bridgehead atoms. The highest BCUT2D eigenvalue weighted by Gasteiger charge is 2.16. The second-order valence-corrected chi connectivity index (χ2v) is 7.47. The molecule has 0 saturated carbocycles. The van der Waals surface area contributed by atoms with E-state index in [1.807, 2.05) is 0 Å². The molecule has 1 heterocycles. The van der Waals surface area contributed by atoms with Crippen molar-refractivity contribution in [3.05, 3.63) is 83.9 Å². The summed E-state index contributed by atoms with van der Waals surface area (Å²) in [6, 6.07) is 12.8. The summed E-state index contributed by atoms with van der Waals surface area (Å²) in [5.74, 6) is -0.803. The van der Waals surface area contributed by atoms with Gasteiger partial charge in [0.05, 0.1) is 4.90 Å². The van der Waals surface area contributed by atoms with Crippen molar-refractivity contribution in [2.75, 3.05) is 10.0 Å². The number of hydrogen-bond donors (Lipinski definition) is 2. The number of aromatic nitrogens is 1. The maximum absolute atomic E-state index is 13.3. The number of sulfonamides is 1. The van der Waals surface area contributed by atoms with Gasteiger partial charge in [0.2, 0.25) is 0 Å². The molecule has 2 aromatic carbocycles. The Morgan fingerprint density at radius 2 is 1.63 bits per heavy atom. The number of rotatable bonds is 5. The first-order chi connectivity index (χ1) is 12.8. The van der Waals surface area contributed by atoms with Crippen LogP contribution in [-0.2, 0) is 10.0 Å². The van der Waals surface area contributed by atoms with Crippen LogP contribution in [0, 0.1) is 12.7 Å². The average molecular weight is 385 g/mol. The maximum atomic E-state index is 13.3. The Bertz CT molecular complexity index is 1070. The topological polar surface area (TPSA) is 88.2 Å². The van der Waals surface area contributed by atoms with Crippen molar-refractivity contribution in [1.29, 1.82) is 0 Å². The molecule has 0 saturated heterocycles. The second kappa shape index (κ2) is 7.55. The fourth-order valence-corrected chi connectivity index (χ4v) is 3.47. The molecule has 0 radical (unpaired) electrons. The predicted molar refractivity (Wildman–Crippen MR) is 101 cm³/mol. The number of carbonyl (C=O) groups excluding carboxylic acids is 1. The number of hydrogen-bond acceptors (Lipinski definition) is 4. The first-order valence-corrected chi connectivity index (χ1v) is 9.44. The first kappa shape index (κ1) is 18.5. The Morgan fingerprint density at radius 3 is 2.26 bits per heavy atom. The molecule has 27 heavy (non-hydrogen) atoms. The third-order valence-electron chi connectivity index (χ3n) is 3.78. The summed E-state index contributed by atoms with van der Waals surface area (Å²) >= 11 is 0. The van der Waals surface area contributed by atoms with Gasteiger partial charge in [0, 0.05) is 29.3 Å². The Balaban J connectivity index is 1.73. The van der Waals surface area contributed by atoms with Crippen molar-refractivity contribution in [2.24, 2.45) is 0 Å². The van der Waals surface area contributed by atoms with E-state index in [-0.39, 0.29) is 22.1 Å². The van der Waals surface area contributed by atoms with Crippen LogP contribution >= 0.6 is 0 Å². The van der Waals surface area contributed by atoms with Gasteiger partial charge >= 0.3 is 0 Å². The zero-order valence-corrected chi connectivity index (χ0v) is 15.1. The Labute approximate surface area is 156 Å². The minimum absolute atomic E-state index is 0.0408. The molecule has 0 aliphatic rings. The van der Waals surface area contributed by atoms with E-state index >= 15 is 0 Å². The van der Waals surface area contributed by atoms with E-state index in [4.69, 9.17) is 0 Å². The summed E-state index contributed by atoms with van der Waals surface area (Å²) in [6.07, 6.45) is 3.12. The zero-order chi connectivity index (χ0) is 19.4. The van der Waals surface area contributed by atoms with Crippen LogP contribution in [0.5, 0.6) is 0 Å². The number of pyridine rings is 1. The molecule has 8 heteroatoms. The lowest BCUT2D eigenvalue weighted by Crippen LogP contribution is -2.14. The molecule has 0 aliphatic carbocycles. The van der Waals surface area contributed by atoms with Gasteiger partial charge in [0.25, 0.3) is 15.9 Å². The summed E-state index contributed by atoms with van der Waals surface area (Å²) in [6.45, 7) is 1.49. The van der Waals surface area contributed by atoms with Crippen LogP contribution in [0.25, 0.3) is 0 Å². The molecule has 0 fully saturated rings. The van der Waals surface area contributed by atoms with E-state index in [9.17, 15) is 17.6 Å². The molecule has 0 unspecified atom stereocenters. The van der Waals surface area contributed by atoms with Crippen molar-refractivity contribution >= 4 is 27.3 Å². The number of carbonyl (C=O) groups is 1. The third kappa shape index (κ3) is 4.48. The zero-order valence-electron chi connectivity index (χ0n) is 14.3. The van der Waals surface area contributed by atoms with Crippen LogP contribution in [0.2, 0.25) is 0 Å². The van der Waals surface area contributed by atoms with E-state index in [1.54, 1.807) is 24.5 Å². The molecule has 0 spiro atoms. The molecule has 1 amide bonds. The fourth-order valence-electron chi connectivity index (χ4n) is 2.33. The molecule has 0 atom stereocenters. The largest absolute Gasteiger partial charge is 0.322 e. The monoisotopic (exact) mass is 385 g/mol. The highest BCUT2D eigenvalue weighted by molar-refractivity contribution is 7.92. The van der Waals surface area contributed by atoms with Crippen molar-refractivity contribution in [3.63, 3.8) is 0 Å². The van der Waals surface area contributed by atoms with Crippen LogP contribution in [0.3, 0.4) is 0 Å². The van der Waals surface area contributed by atoms with Crippen molar-refractivity contribution < 1.29 is 17.6 Å². The molecule has 138 valence electrons. The van der Waals surface area contributed by atoms with Gasteiger partial charge in [-0.2, -0.15) is 0 Å². The van der Waals surface area contributed by atoms with E-state index in [2.05, 4.69) is 15.0 Å². The van der Waals surface area contributed by atoms with Gasteiger partial charge in [-0.25, -0.2) is 12.8 Å². The number of anilines is 2. The van der Waals surface area contributed by atoms with Crippen molar-refractivity contribution in [3.8, 4) is 0 Å². The van der Waals surface area contributed by atoms with Crippen molar-refractivity contribution in [1.82, 2.24) is 4.98 Å². The van der Waals surface area contributed by atoms with Gasteiger partial charge in [-0.05, 0) is 67.1 Å². The second-order valence-electron chi connectivity index (χ2n) is 5.78. The lowest BCUT2D eigenvalue weighted by molar-refractivity contribution is 0.102. The molecule has 6 nitrogen and oxygen atoms in total. The molecular weight excluding hydrogens is 369 g/mol. The normalized spacial score (nSPS) is 11.0. The van der Waals surface area contributed by atoms with Gasteiger partial charge in [0.15, 0.2) is 0 Å². The van der Waals surface area contributed by atoms with E-state index in [0.29, 0.717) is 11.3 Å². The number of halogens is 1. The maximum Gasteiger partial charge on any atom is 0.261 e. The lowest BCUT2D eigenvalue weighted by Gasteiger charge is -2.10. The van der Waals surface area contributed by atoms with Crippen LogP contribution in [0.4, 0.5) is 15.8 Å². The summed E-state index contributed by atoms with van der Waals surface area (Å²) in [5, 5.41) is 2.71. The van der Waals surface area contributed by atoms with E-state index < -0.39 is 15.8 Å². The minimum atomic E-state index is -3.86. The van der Waals surface area contributed by atoms with Gasteiger partial charge in [0.1, 0.15) is 5.82 Å². The van der Waals surface area contributed by atoms with Gasteiger partial charge < -0.3 is 5.32 Å². The number of aryl methyl sites for hydroxylation is 1. The van der Waals surface area contributed by atoms with Gasteiger partial charge in [-0.1, -0.05) is 0 Å². The number of nitrogens with zero attached hydrogens (tertiary/aromatic N) is 1. The Hall–Kier alpha value is -3.26. The van der Waals surface area contributed by atoms with Crippen LogP contribution < -0.4 is 10.0 Å². The number of benzene rings is 2. The number of nitrogens with one attached hydrogen (secondary N) is 2. The fraction of sp³-hybridized carbons (Fsp3) is 0.0526. The van der Waals surface area contributed by atoms with Crippen LogP contribution in [0.1, 0.15) is 15.9 Å². The lowest BCUT2D eigenvalue weighted by atomic mass is 10.2. The van der Waals surface area contributed by atoms with E-state index in [1.165, 1.54) is 43.3 Å². The summed E-state index contributed by atoms with van der Waals surface area (Å²) in [5.41, 5.74) is 1.50. The van der Waals surface area contributed by atoms with Crippen LogP contribution in [-0.4, -0.2) is 19.3 Å². The minimum Gasteiger partial charge on any atom is -0.322 e. The standard InChI is InChI=1S/C19H16FN3O3S/c1-13-12-17(6-7-18(13)20)27(25,26)23-16-4-2-14(3-5-16)19(24)22-15-8-10-21-11-9-15/h2-12,23H,1H3,(H,21,22,24). The smallest absolute Gasteiger partial charge is 0.261 e. The molecule has 2 N–H and O–H groups in total. The average Bonchev–Trinajstić information content (AvgIpc) is 2.65.